The molecule has 0 bridgehead atoms. The molecule has 0 radical (unpaired) electrons. The highest BCUT2D eigenvalue weighted by Crippen LogP contribution is 2.23. The zero-order chi connectivity index (χ0) is 23.9. The number of amides is 2. The lowest BCUT2D eigenvalue weighted by molar-refractivity contribution is -0.136. The Balaban J connectivity index is 1.50. The zero-order valence-corrected chi connectivity index (χ0v) is 18.4. The summed E-state index contributed by atoms with van der Waals surface area (Å²) in [7, 11) is 0. The molecule has 8 heteroatoms. The molecule has 0 spiro atoms. The molecule has 1 heterocycles. The van der Waals surface area contributed by atoms with Crippen LogP contribution in [-0.4, -0.2) is 27.8 Å². The van der Waals surface area contributed by atoms with Crippen LogP contribution in [0, 0.1) is 5.82 Å². The second-order valence-corrected chi connectivity index (χ2v) is 7.42. The van der Waals surface area contributed by atoms with Crippen LogP contribution in [0.1, 0.15) is 18.1 Å². The summed E-state index contributed by atoms with van der Waals surface area (Å²) in [6.07, 6.45) is 4.01. The molecule has 0 aliphatic heterocycles. The average molecular weight is 455 g/mol. The third-order valence-electron chi connectivity index (χ3n) is 5.08. The molecular formula is C26H22FN5O2. The number of carbonyl (C=O) groups excluding carboxylic acids is 2. The Morgan fingerprint density at radius 3 is 2.35 bits per heavy atom. The Labute approximate surface area is 195 Å². The average Bonchev–Trinajstić information content (AvgIpc) is 3.29. The number of hydrazone groups is 1. The molecule has 170 valence electrons. The Kier molecular flexibility index (Phi) is 6.88. The second-order valence-electron chi connectivity index (χ2n) is 7.42. The number of benzene rings is 3. The highest BCUT2D eigenvalue weighted by molar-refractivity contribution is 6.39. The van der Waals surface area contributed by atoms with E-state index in [9.17, 15) is 14.0 Å². The van der Waals surface area contributed by atoms with Crippen molar-refractivity contribution in [3.8, 4) is 16.9 Å². The maximum atomic E-state index is 13.4. The maximum Gasteiger partial charge on any atom is 0.329 e. The van der Waals surface area contributed by atoms with E-state index in [2.05, 4.69) is 20.9 Å². The Morgan fingerprint density at radius 1 is 0.971 bits per heavy atom. The fraction of sp³-hybridized carbons (Fsp3) is 0.0769. The van der Waals surface area contributed by atoms with E-state index in [-0.39, 0.29) is 5.82 Å². The van der Waals surface area contributed by atoms with Gasteiger partial charge in [-0.05, 0) is 60.5 Å². The topological polar surface area (TPSA) is 88.4 Å². The lowest BCUT2D eigenvalue weighted by atomic mass is 10.1. The van der Waals surface area contributed by atoms with E-state index < -0.39 is 11.8 Å². The summed E-state index contributed by atoms with van der Waals surface area (Å²) >= 11 is 0. The van der Waals surface area contributed by atoms with Crippen molar-refractivity contribution in [2.75, 3.05) is 5.32 Å². The van der Waals surface area contributed by atoms with Crippen molar-refractivity contribution in [3.05, 3.63) is 102 Å². The summed E-state index contributed by atoms with van der Waals surface area (Å²) in [6, 6.07) is 22.6. The van der Waals surface area contributed by atoms with Crippen molar-refractivity contribution in [3.63, 3.8) is 0 Å². The number of anilines is 1. The van der Waals surface area contributed by atoms with Crippen LogP contribution in [0.25, 0.3) is 16.9 Å². The summed E-state index contributed by atoms with van der Waals surface area (Å²) in [5.74, 6) is -2.10. The lowest BCUT2D eigenvalue weighted by Gasteiger charge is -2.04. The third kappa shape index (κ3) is 5.42. The second kappa shape index (κ2) is 10.4. The molecule has 0 fully saturated rings. The van der Waals surface area contributed by atoms with Crippen LogP contribution in [0.2, 0.25) is 0 Å². The van der Waals surface area contributed by atoms with E-state index in [0.29, 0.717) is 22.5 Å². The SMILES string of the molecule is CCc1ccc(NC(=O)C(=O)N/N=C/c2cn(-c3ccccc3)nc2-c2ccc(F)cc2)cc1. The first-order chi connectivity index (χ1) is 16.5. The van der Waals surface area contributed by atoms with Crippen LogP contribution in [0.5, 0.6) is 0 Å². The number of aromatic nitrogens is 2. The minimum atomic E-state index is -0.908. The Bertz CT molecular complexity index is 1310. The van der Waals surface area contributed by atoms with Gasteiger partial charge in [0.2, 0.25) is 0 Å². The van der Waals surface area contributed by atoms with Gasteiger partial charge in [0.15, 0.2) is 0 Å². The van der Waals surface area contributed by atoms with Gasteiger partial charge >= 0.3 is 11.8 Å². The largest absolute Gasteiger partial charge is 0.329 e. The van der Waals surface area contributed by atoms with Gasteiger partial charge in [0.25, 0.3) is 0 Å². The van der Waals surface area contributed by atoms with Crippen LogP contribution in [0.15, 0.2) is 90.2 Å². The number of para-hydroxylation sites is 1. The molecule has 34 heavy (non-hydrogen) atoms. The van der Waals surface area contributed by atoms with E-state index in [0.717, 1.165) is 17.7 Å². The molecule has 0 saturated heterocycles. The standard InChI is InChI=1S/C26H22FN5O2/c1-2-18-8-14-22(15-9-18)29-25(33)26(34)30-28-16-20-17-32(23-6-4-3-5-7-23)31-24(20)19-10-12-21(27)13-11-19/h3-17H,2H2,1H3,(H,29,33)(H,30,34)/b28-16+. The van der Waals surface area contributed by atoms with Crippen molar-refractivity contribution in [1.82, 2.24) is 15.2 Å². The Morgan fingerprint density at radius 2 is 1.68 bits per heavy atom. The van der Waals surface area contributed by atoms with E-state index in [1.807, 2.05) is 49.4 Å². The summed E-state index contributed by atoms with van der Waals surface area (Å²) in [5, 5.41) is 11.1. The quantitative estimate of drug-likeness (QED) is 0.258. The van der Waals surface area contributed by atoms with Crippen LogP contribution < -0.4 is 10.7 Å². The zero-order valence-electron chi connectivity index (χ0n) is 18.4. The fourth-order valence-corrected chi connectivity index (χ4v) is 3.25. The van der Waals surface area contributed by atoms with Crippen LogP contribution >= 0.6 is 0 Å². The van der Waals surface area contributed by atoms with Crippen molar-refractivity contribution in [2.24, 2.45) is 5.10 Å². The highest BCUT2D eigenvalue weighted by Gasteiger charge is 2.14. The first-order valence-corrected chi connectivity index (χ1v) is 10.7. The molecule has 7 nitrogen and oxygen atoms in total. The molecule has 2 amide bonds. The van der Waals surface area contributed by atoms with Crippen molar-refractivity contribution in [2.45, 2.75) is 13.3 Å². The molecule has 3 aromatic carbocycles. The molecule has 1 aromatic heterocycles. The first kappa shape index (κ1) is 22.6. The number of halogens is 1. The molecule has 0 saturated carbocycles. The van der Waals surface area contributed by atoms with Gasteiger partial charge in [-0.1, -0.05) is 37.3 Å². The molecule has 4 aromatic rings. The molecule has 2 N–H and O–H groups in total. The monoisotopic (exact) mass is 455 g/mol. The van der Waals surface area contributed by atoms with Gasteiger partial charge < -0.3 is 5.32 Å². The predicted molar refractivity (Wildman–Crippen MR) is 129 cm³/mol. The summed E-state index contributed by atoms with van der Waals surface area (Å²) < 4.78 is 15.1. The van der Waals surface area contributed by atoms with Gasteiger partial charge in [0.05, 0.1) is 11.9 Å². The molecular weight excluding hydrogens is 433 g/mol. The van der Waals surface area contributed by atoms with Gasteiger partial charge in [-0.15, -0.1) is 0 Å². The normalized spacial score (nSPS) is 10.9. The van der Waals surface area contributed by atoms with E-state index in [1.165, 1.54) is 18.3 Å². The van der Waals surface area contributed by atoms with Crippen molar-refractivity contribution in [1.29, 1.82) is 0 Å². The predicted octanol–water partition coefficient (Wildman–Crippen LogP) is 4.33. The molecule has 0 aliphatic carbocycles. The highest BCUT2D eigenvalue weighted by atomic mass is 19.1. The fourth-order valence-electron chi connectivity index (χ4n) is 3.25. The smallest absolute Gasteiger partial charge is 0.318 e. The molecule has 0 aliphatic rings. The minimum absolute atomic E-state index is 0.357. The number of carbonyl (C=O) groups is 2. The number of hydrogen-bond donors (Lipinski definition) is 2. The Hall–Kier alpha value is -4.59. The van der Waals surface area contributed by atoms with E-state index in [1.54, 1.807) is 35.1 Å². The van der Waals surface area contributed by atoms with Crippen molar-refractivity contribution >= 4 is 23.7 Å². The van der Waals surface area contributed by atoms with Gasteiger partial charge in [-0.2, -0.15) is 10.2 Å². The summed E-state index contributed by atoms with van der Waals surface area (Å²) in [6.45, 7) is 2.03. The van der Waals surface area contributed by atoms with Gasteiger partial charge in [0, 0.05) is 23.0 Å². The number of nitrogens with zero attached hydrogens (tertiary/aromatic N) is 3. The van der Waals surface area contributed by atoms with Crippen molar-refractivity contribution < 1.29 is 14.0 Å². The minimum Gasteiger partial charge on any atom is -0.318 e. The van der Waals surface area contributed by atoms with Gasteiger partial charge in [-0.25, -0.2) is 14.5 Å². The first-order valence-electron chi connectivity index (χ1n) is 10.7. The third-order valence-corrected chi connectivity index (χ3v) is 5.08. The molecule has 0 atom stereocenters. The maximum absolute atomic E-state index is 13.4. The van der Waals surface area contributed by atoms with E-state index in [4.69, 9.17) is 0 Å². The van der Waals surface area contributed by atoms with Crippen LogP contribution in [0.3, 0.4) is 0 Å². The molecule has 4 rings (SSSR count). The van der Waals surface area contributed by atoms with E-state index >= 15 is 0 Å². The number of aryl methyl sites for hydroxylation is 1. The lowest BCUT2D eigenvalue weighted by Crippen LogP contribution is -2.32. The number of hydrogen-bond acceptors (Lipinski definition) is 4. The summed E-state index contributed by atoms with van der Waals surface area (Å²) in [4.78, 5) is 24.4. The summed E-state index contributed by atoms with van der Waals surface area (Å²) in [5.41, 5.74) is 6.49. The van der Waals surface area contributed by atoms with Gasteiger partial charge in [-0.3, -0.25) is 9.59 Å². The van der Waals surface area contributed by atoms with Gasteiger partial charge in [0.1, 0.15) is 11.5 Å². The molecule has 0 unspecified atom stereocenters. The van der Waals surface area contributed by atoms with Crippen LogP contribution in [0.4, 0.5) is 10.1 Å². The van der Waals surface area contributed by atoms with Crippen LogP contribution in [-0.2, 0) is 16.0 Å². The number of rotatable bonds is 6. The number of nitrogens with one attached hydrogen (secondary N) is 2.